The van der Waals surface area contributed by atoms with Gasteiger partial charge in [0.1, 0.15) is 5.60 Å². The van der Waals surface area contributed by atoms with Crippen LogP contribution in [0.5, 0.6) is 0 Å². The molecule has 0 aliphatic carbocycles. The first-order valence-electron chi connectivity index (χ1n) is 6.62. The SMILES string of the molecule is Cc1nc2c(c(C)c1C)CN(C(=O)OC(C)(C)C)C2. The van der Waals surface area contributed by atoms with Crippen LogP contribution in [0, 0.1) is 20.8 Å². The van der Waals surface area contributed by atoms with Crippen LogP contribution in [0.1, 0.15) is 48.8 Å². The third-order valence-electron chi connectivity index (χ3n) is 3.55. The largest absolute Gasteiger partial charge is 0.444 e. The third-order valence-corrected chi connectivity index (χ3v) is 3.55. The van der Waals surface area contributed by atoms with Crippen molar-refractivity contribution >= 4 is 6.09 Å². The van der Waals surface area contributed by atoms with Gasteiger partial charge in [-0.25, -0.2) is 4.79 Å². The Balaban J connectivity index is 2.21. The van der Waals surface area contributed by atoms with E-state index in [1.165, 1.54) is 16.7 Å². The van der Waals surface area contributed by atoms with Crippen molar-refractivity contribution in [3.05, 3.63) is 28.1 Å². The summed E-state index contributed by atoms with van der Waals surface area (Å²) in [5, 5.41) is 0. The van der Waals surface area contributed by atoms with Gasteiger partial charge in [-0.2, -0.15) is 0 Å². The second-order valence-electron chi connectivity index (χ2n) is 6.21. The number of aromatic nitrogens is 1. The molecular formula is C15H22N2O2. The number of carbonyl (C=O) groups excluding carboxylic acids is 1. The lowest BCUT2D eigenvalue weighted by Gasteiger charge is -2.24. The minimum Gasteiger partial charge on any atom is -0.444 e. The zero-order valence-electron chi connectivity index (χ0n) is 12.6. The van der Waals surface area contributed by atoms with Gasteiger partial charge in [0.2, 0.25) is 0 Å². The molecule has 0 atom stereocenters. The van der Waals surface area contributed by atoms with Crippen molar-refractivity contribution in [3.8, 4) is 0 Å². The fraction of sp³-hybridized carbons (Fsp3) is 0.600. The number of rotatable bonds is 0. The highest BCUT2D eigenvalue weighted by Gasteiger charge is 2.30. The molecule has 1 aliphatic rings. The van der Waals surface area contributed by atoms with E-state index in [-0.39, 0.29) is 6.09 Å². The number of aryl methyl sites for hydroxylation is 1. The highest BCUT2D eigenvalue weighted by molar-refractivity contribution is 5.69. The van der Waals surface area contributed by atoms with E-state index in [4.69, 9.17) is 4.74 Å². The molecule has 1 aromatic heterocycles. The molecule has 0 aromatic carbocycles. The Hall–Kier alpha value is -1.58. The molecule has 2 rings (SSSR count). The van der Waals surface area contributed by atoms with Crippen molar-refractivity contribution < 1.29 is 9.53 Å². The van der Waals surface area contributed by atoms with Crippen LogP contribution in [-0.4, -0.2) is 21.6 Å². The summed E-state index contributed by atoms with van der Waals surface area (Å²) in [6, 6.07) is 0. The molecule has 0 unspecified atom stereocenters. The van der Waals surface area contributed by atoms with Gasteiger partial charge in [0.05, 0.1) is 18.8 Å². The fourth-order valence-electron chi connectivity index (χ4n) is 2.29. The predicted molar refractivity (Wildman–Crippen MR) is 73.9 cm³/mol. The number of pyridine rings is 1. The van der Waals surface area contributed by atoms with Crippen LogP contribution in [0.3, 0.4) is 0 Å². The van der Waals surface area contributed by atoms with Gasteiger partial charge in [0.25, 0.3) is 0 Å². The molecule has 0 radical (unpaired) electrons. The molecule has 1 aliphatic heterocycles. The van der Waals surface area contributed by atoms with Crippen LogP contribution in [0.15, 0.2) is 0 Å². The Labute approximate surface area is 114 Å². The maximum atomic E-state index is 12.1. The van der Waals surface area contributed by atoms with Crippen molar-refractivity contribution in [3.63, 3.8) is 0 Å². The van der Waals surface area contributed by atoms with E-state index in [1.54, 1.807) is 4.90 Å². The average Bonchev–Trinajstić information content (AvgIpc) is 2.68. The molecule has 0 saturated carbocycles. The van der Waals surface area contributed by atoms with E-state index in [0.717, 1.165) is 11.4 Å². The normalized spacial score (nSPS) is 14.5. The van der Waals surface area contributed by atoms with Crippen LogP contribution in [0.2, 0.25) is 0 Å². The topological polar surface area (TPSA) is 42.4 Å². The summed E-state index contributed by atoms with van der Waals surface area (Å²) in [6.45, 7) is 13.0. The lowest BCUT2D eigenvalue weighted by Crippen LogP contribution is -2.33. The average molecular weight is 262 g/mol. The van der Waals surface area contributed by atoms with Crippen molar-refractivity contribution in [2.75, 3.05) is 0 Å². The molecule has 1 amide bonds. The van der Waals surface area contributed by atoms with E-state index in [0.29, 0.717) is 13.1 Å². The fourth-order valence-corrected chi connectivity index (χ4v) is 2.29. The second kappa shape index (κ2) is 4.51. The summed E-state index contributed by atoms with van der Waals surface area (Å²) >= 11 is 0. The number of fused-ring (bicyclic) bond motifs is 1. The first-order chi connectivity index (χ1) is 8.69. The highest BCUT2D eigenvalue weighted by atomic mass is 16.6. The zero-order chi connectivity index (χ0) is 14.4. The van der Waals surface area contributed by atoms with Crippen molar-refractivity contribution in [2.24, 2.45) is 0 Å². The minimum atomic E-state index is -0.458. The van der Waals surface area contributed by atoms with Crippen LogP contribution >= 0.6 is 0 Å². The van der Waals surface area contributed by atoms with Crippen molar-refractivity contribution in [1.29, 1.82) is 0 Å². The van der Waals surface area contributed by atoms with Gasteiger partial charge >= 0.3 is 6.09 Å². The summed E-state index contributed by atoms with van der Waals surface area (Å²) in [7, 11) is 0. The molecule has 0 fully saturated rings. The molecule has 4 nitrogen and oxygen atoms in total. The summed E-state index contributed by atoms with van der Waals surface area (Å²) in [5.74, 6) is 0. The number of hydrogen-bond acceptors (Lipinski definition) is 3. The molecule has 4 heteroatoms. The van der Waals surface area contributed by atoms with E-state index in [2.05, 4.69) is 18.8 Å². The summed E-state index contributed by atoms with van der Waals surface area (Å²) in [6.07, 6.45) is -0.264. The monoisotopic (exact) mass is 262 g/mol. The smallest absolute Gasteiger partial charge is 0.410 e. The molecule has 1 aromatic rings. The van der Waals surface area contributed by atoms with Gasteiger partial charge in [0.15, 0.2) is 0 Å². The minimum absolute atomic E-state index is 0.264. The van der Waals surface area contributed by atoms with Crippen LogP contribution in [-0.2, 0) is 17.8 Å². The van der Waals surface area contributed by atoms with E-state index < -0.39 is 5.60 Å². The van der Waals surface area contributed by atoms with Gasteiger partial charge in [-0.3, -0.25) is 9.88 Å². The van der Waals surface area contributed by atoms with E-state index in [9.17, 15) is 4.79 Å². The molecule has 19 heavy (non-hydrogen) atoms. The lowest BCUT2D eigenvalue weighted by atomic mass is 10.0. The van der Waals surface area contributed by atoms with Crippen LogP contribution < -0.4 is 0 Å². The van der Waals surface area contributed by atoms with Gasteiger partial charge in [0, 0.05) is 5.69 Å². The van der Waals surface area contributed by atoms with Crippen molar-refractivity contribution in [1.82, 2.24) is 9.88 Å². The lowest BCUT2D eigenvalue weighted by molar-refractivity contribution is 0.0240. The Morgan fingerprint density at radius 3 is 2.37 bits per heavy atom. The number of amides is 1. The first-order valence-corrected chi connectivity index (χ1v) is 6.62. The number of ether oxygens (including phenoxy) is 1. The number of hydrogen-bond donors (Lipinski definition) is 0. The molecule has 0 spiro atoms. The second-order valence-corrected chi connectivity index (χ2v) is 6.21. The Bertz CT molecular complexity index is 530. The van der Waals surface area contributed by atoms with Crippen molar-refractivity contribution in [2.45, 2.75) is 60.2 Å². The molecule has 0 N–H and O–H groups in total. The van der Waals surface area contributed by atoms with Crippen LogP contribution in [0.25, 0.3) is 0 Å². The number of nitrogens with zero attached hydrogens (tertiary/aromatic N) is 2. The number of carbonyl (C=O) groups is 1. The first kappa shape index (κ1) is 13.8. The van der Waals surface area contributed by atoms with E-state index >= 15 is 0 Å². The summed E-state index contributed by atoms with van der Waals surface area (Å²) in [5.41, 5.74) is 5.22. The quantitative estimate of drug-likeness (QED) is 0.720. The third kappa shape index (κ3) is 2.72. The van der Waals surface area contributed by atoms with E-state index in [1.807, 2.05) is 27.7 Å². The maximum absolute atomic E-state index is 12.1. The molecule has 0 bridgehead atoms. The highest BCUT2D eigenvalue weighted by Crippen LogP contribution is 2.28. The molecule has 104 valence electrons. The Kier molecular flexibility index (Phi) is 3.29. The molecule has 2 heterocycles. The summed E-state index contributed by atoms with van der Waals surface area (Å²) < 4.78 is 5.41. The van der Waals surface area contributed by atoms with Crippen LogP contribution in [0.4, 0.5) is 4.79 Å². The summed E-state index contributed by atoms with van der Waals surface area (Å²) in [4.78, 5) is 18.4. The predicted octanol–water partition coefficient (Wildman–Crippen LogP) is 3.26. The van der Waals surface area contributed by atoms with Gasteiger partial charge in [-0.05, 0) is 58.2 Å². The van der Waals surface area contributed by atoms with Gasteiger partial charge in [-0.1, -0.05) is 0 Å². The molecular weight excluding hydrogens is 240 g/mol. The zero-order valence-corrected chi connectivity index (χ0v) is 12.6. The Morgan fingerprint density at radius 2 is 1.79 bits per heavy atom. The van der Waals surface area contributed by atoms with Gasteiger partial charge in [-0.15, -0.1) is 0 Å². The van der Waals surface area contributed by atoms with Gasteiger partial charge < -0.3 is 4.74 Å². The molecule has 0 saturated heterocycles. The maximum Gasteiger partial charge on any atom is 0.410 e. The standard InChI is InChI=1S/C15H22N2O2/c1-9-10(2)12-7-17(8-13(12)16-11(9)3)14(18)19-15(4,5)6/h7-8H2,1-6H3. The Morgan fingerprint density at radius 1 is 1.16 bits per heavy atom.